The minimum absolute atomic E-state index is 0.264. The van der Waals surface area contributed by atoms with Gasteiger partial charge in [-0.15, -0.1) is 22.7 Å². The first-order chi connectivity index (χ1) is 14.6. The highest BCUT2D eigenvalue weighted by molar-refractivity contribution is 7.17. The van der Waals surface area contributed by atoms with Crippen LogP contribution in [0.4, 0.5) is 5.13 Å². The number of nitrogens with zero attached hydrogens (tertiary/aromatic N) is 4. The Hall–Kier alpha value is -3.37. The Kier molecular flexibility index (Phi) is 5.68. The molecule has 0 saturated carbocycles. The molecule has 0 aliphatic rings. The van der Waals surface area contributed by atoms with Crippen molar-refractivity contribution in [2.24, 2.45) is 0 Å². The molecular formula is C20H17N5O3S2. The average Bonchev–Trinajstić information content (AvgIpc) is 3.40. The molecule has 8 nitrogen and oxygen atoms in total. The first-order valence-corrected chi connectivity index (χ1v) is 10.5. The highest BCUT2D eigenvalue weighted by Crippen LogP contribution is 2.34. The third-order valence-corrected chi connectivity index (χ3v) is 6.07. The molecule has 10 heteroatoms. The summed E-state index contributed by atoms with van der Waals surface area (Å²) in [6.45, 7) is 1.79. The Morgan fingerprint density at radius 3 is 2.57 bits per heavy atom. The van der Waals surface area contributed by atoms with Crippen molar-refractivity contribution in [1.82, 2.24) is 19.9 Å². The number of carbonyl (C=O) groups is 1. The maximum atomic E-state index is 12.8. The summed E-state index contributed by atoms with van der Waals surface area (Å²) in [7, 11) is 3.17. The lowest BCUT2D eigenvalue weighted by molar-refractivity contribution is 0.103. The van der Waals surface area contributed by atoms with Gasteiger partial charge < -0.3 is 9.47 Å². The quantitative estimate of drug-likeness (QED) is 0.478. The molecule has 1 amide bonds. The number of rotatable bonds is 6. The van der Waals surface area contributed by atoms with Gasteiger partial charge in [-0.3, -0.25) is 10.1 Å². The second-order valence-corrected chi connectivity index (χ2v) is 7.92. The molecule has 3 aromatic heterocycles. The molecule has 1 N–H and O–H groups in total. The first kappa shape index (κ1) is 19.9. The molecule has 4 aromatic rings. The maximum absolute atomic E-state index is 12.8. The zero-order valence-corrected chi connectivity index (χ0v) is 18.0. The number of benzene rings is 1. The van der Waals surface area contributed by atoms with E-state index in [0.717, 1.165) is 11.3 Å². The lowest BCUT2D eigenvalue weighted by Crippen LogP contribution is -2.11. The Labute approximate surface area is 180 Å². The number of aromatic nitrogens is 4. The van der Waals surface area contributed by atoms with Crippen LogP contribution >= 0.6 is 22.7 Å². The smallest absolute Gasteiger partial charge is 0.269 e. The molecule has 0 unspecified atom stereocenters. The maximum Gasteiger partial charge on any atom is 0.269 e. The monoisotopic (exact) mass is 439 g/mol. The predicted molar refractivity (Wildman–Crippen MR) is 116 cm³/mol. The van der Waals surface area contributed by atoms with Gasteiger partial charge in [0.05, 0.1) is 25.6 Å². The number of nitrogens with one attached hydrogen (secondary N) is 1. The number of anilines is 1. The van der Waals surface area contributed by atoms with Gasteiger partial charge in [0.15, 0.2) is 27.5 Å². The lowest BCUT2D eigenvalue weighted by atomic mass is 10.1. The summed E-state index contributed by atoms with van der Waals surface area (Å²) in [5, 5.41) is 5.82. The van der Waals surface area contributed by atoms with Gasteiger partial charge in [-0.25, -0.2) is 19.9 Å². The van der Waals surface area contributed by atoms with E-state index in [2.05, 4.69) is 25.3 Å². The molecule has 0 saturated heterocycles. The van der Waals surface area contributed by atoms with E-state index in [0.29, 0.717) is 38.0 Å². The van der Waals surface area contributed by atoms with Crippen molar-refractivity contribution in [3.63, 3.8) is 0 Å². The molecule has 0 spiro atoms. The number of hydrogen-bond donors (Lipinski definition) is 1. The van der Waals surface area contributed by atoms with E-state index in [4.69, 9.17) is 9.47 Å². The molecule has 0 aliphatic carbocycles. The van der Waals surface area contributed by atoms with Crippen molar-refractivity contribution in [3.8, 4) is 33.6 Å². The number of thiazole rings is 2. The van der Waals surface area contributed by atoms with Gasteiger partial charge in [0, 0.05) is 23.3 Å². The second kappa shape index (κ2) is 8.56. The van der Waals surface area contributed by atoms with Crippen molar-refractivity contribution in [1.29, 1.82) is 0 Å². The van der Waals surface area contributed by atoms with Crippen molar-refractivity contribution < 1.29 is 14.3 Å². The molecule has 1 aromatic carbocycles. The fourth-order valence-corrected chi connectivity index (χ4v) is 4.35. The third kappa shape index (κ3) is 4.00. The number of carbonyl (C=O) groups excluding carboxylic acids is 1. The van der Waals surface area contributed by atoms with Crippen molar-refractivity contribution >= 4 is 33.7 Å². The summed E-state index contributed by atoms with van der Waals surface area (Å²) in [6.07, 6.45) is 3.29. The van der Waals surface area contributed by atoms with Crippen LogP contribution in [0.5, 0.6) is 11.5 Å². The summed E-state index contributed by atoms with van der Waals surface area (Å²) in [6, 6.07) is 7.29. The zero-order valence-electron chi connectivity index (χ0n) is 16.4. The fourth-order valence-electron chi connectivity index (χ4n) is 2.73. The van der Waals surface area contributed by atoms with Crippen LogP contribution in [0.3, 0.4) is 0 Å². The number of ether oxygens (including phenoxy) is 2. The topological polar surface area (TPSA) is 99.1 Å². The molecule has 0 radical (unpaired) electrons. The normalized spacial score (nSPS) is 10.6. The van der Waals surface area contributed by atoms with Gasteiger partial charge in [0.1, 0.15) is 4.88 Å². The van der Waals surface area contributed by atoms with E-state index in [1.54, 1.807) is 39.6 Å². The molecule has 30 heavy (non-hydrogen) atoms. The molecule has 0 fully saturated rings. The highest BCUT2D eigenvalue weighted by Gasteiger charge is 2.19. The van der Waals surface area contributed by atoms with Crippen molar-refractivity contribution in [3.05, 3.63) is 52.6 Å². The largest absolute Gasteiger partial charge is 0.493 e. The Bertz CT molecular complexity index is 1190. The van der Waals surface area contributed by atoms with E-state index in [-0.39, 0.29) is 5.91 Å². The van der Waals surface area contributed by atoms with Crippen LogP contribution in [-0.2, 0) is 0 Å². The molecule has 0 bridgehead atoms. The van der Waals surface area contributed by atoms with E-state index < -0.39 is 0 Å². The summed E-state index contributed by atoms with van der Waals surface area (Å²) < 4.78 is 10.6. The van der Waals surface area contributed by atoms with Crippen LogP contribution in [-0.4, -0.2) is 40.1 Å². The third-order valence-electron chi connectivity index (χ3n) is 4.16. The summed E-state index contributed by atoms with van der Waals surface area (Å²) in [5.41, 5.74) is 2.22. The molecule has 3 heterocycles. The predicted octanol–water partition coefficient (Wildman–Crippen LogP) is 4.30. The van der Waals surface area contributed by atoms with Crippen molar-refractivity contribution in [2.75, 3.05) is 19.5 Å². The molecule has 0 aliphatic heterocycles. The lowest BCUT2D eigenvalue weighted by Gasteiger charge is -2.08. The van der Waals surface area contributed by atoms with Gasteiger partial charge in [0.25, 0.3) is 5.91 Å². The van der Waals surface area contributed by atoms with E-state index in [1.165, 1.54) is 22.7 Å². The minimum Gasteiger partial charge on any atom is -0.493 e. The molecule has 0 atom stereocenters. The van der Waals surface area contributed by atoms with Gasteiger partial charge >= 0.3 is 0 Å². The minimum atomic E-state index is -0.264. The van der Waals surface area contributed by atoms with E-state index in [9.17, 15) is 4.79 Å². The average molecular weight is 440 g/mol. The summed E-state index contributed by atoms with van der Waals surface area (Å²) in [5.74, 6) is 1.49. The zero-order chi connectivity index (χ0) is 21.1. The van der Waals surface area contributed by atoms with Crippen LogP contribution in [0, 0.1) is 6.92 Å². The Balaban J connectivity index is 1.53. The van der Waals surface area contributed by atoms with Crippen LogP contribution in [0.25, 0.3) is 22.1 Å². The van der Waals surface area contributed by atoms with Crippen LogP contribution in [0.1, 0.15) is 15.4 Å². The molecular weight excluding hydrogens is 422 g/mol. The molecule has 152 valence electrons. The van der Waals surface area contributed by atoms with Crippen LogP contribution < -0.4 is 14.8 Å². The van der Waals surface area contributed by atoms with Gasteiger partial charge in [0.2, 0.25) is 0 Å². The highest BCUT2D eigenvalue weighted by atomic mass is 32.1. The van der Waals surface area contributed by atoms with E-state index >= 15 is 0 Å². The van der Waals surface area contributed by atoms with Gasteiger partial charge in [-0.1, -0.05) is 0 Å². The summed E-state index contributed by atoms with van der Waals surface area (Å²) in [4.78, 5) is 30.6. The fraction of sp³-hybridized carbons (Fsp3) is 0.150. The summed E-state index contributed by atoms with van der Waals surface area (Å²) >= 11 is 2.59. The van der Waals surface area contributed by atoms with Gasteiger partial charge in [-0.05, 0) is 31.2 Å². The van der Waals surface area contributed by atoms with Crippen LogP contribution in [0.2, 0.25) is 0 Å². The number of hydrogen-bond acceptors (Lipinski definition) is 9. The Morgan fingerprint density at radius 1 is 1.07 bits per heavy atom. The second-order valence-electron chi connectivity index (χ2n) is 6.07. The SMILES string of the molecule is COc1ccc(-c2csc(NC(=O)c3sc(-c4ncccn4)nc3C)n2)cc1OC. The van der Waals surface area contributed by atoms with Crippen LogP contribution in [0.15, 0.2) is 42.0 Å². The number of amides is 1. The van der Waals surface area contributed by atoms with Crippen molar-refractivity contribution in [2.45, 2.75) is 6.92 Å². The standard InChI is InChI=1S/C20H17N5O3S2/c1-11-16(30-19(23-11)17-21-7-4-8-22-17)18(26)25-20-24-13(10-29-20)12-5-6-14(27-2)15(9-12)28-3/h4-10H,1-3H3,(H,24,25,26). The van der Waals surface area contributed by atoms with Gasteiger partial charge in [-0.2, -0.15) is 0 Å². The Morgan fingerprint density at radius 2 is 1.83 bits per heavy atom. The number of aryl methyl sites for hydroxylation is 1. The number of methoxy groups -OCH3 is 2. The van der Waals surface area contributed by atoms with E-state index in [1.807, 2.05) is 23.6 Å². The first-order valence-electron chi connectivity index (χ1n) is 8.83. The molecule has 4 rings (SSSR count).